The van der Waals surface area contributed by atoms with Gasteiger partial charge in [-0.25, -0.2) is 0 Å². The summed E-state index contributed by atoms with van der Waals surface area (Å²) >= 11 is 0. The third-order valence-corrected chi connectivity index (χ3v) is 8.55. The van der Waals surface area contributed by atoms with E-state index in [-0.39, 0.29) is 36.6 Å². The van der Waals surface area contributed by atoms with Crippen molar-refractivity contribution in [1.29, 1.82) is 0 Å². The number of carboxylic acids is 1. The van der Waals surface area contributed by atoms with E-state index < -0.39 is 29.2 Å². The summed E-state index contributed by atoms with van der Waals surface area (Å²) in [6.07, 6.45) is 1.96. The number of carboxylic acid groups (broad SMARTS) is 1. The first-order valence-electron chi connectivity index (χ1n) is 15.1. The van der Waals surface area contributed by atoms with Crippen LogP contribution in [0.25, 0.3) is 0 Å². The fraction of sp³-hybridized carbons (Fsp3) is 0.562. The maximum Gasteiger partial charge on any atom is 0.417 e. The molecule has 0 bridgehead atoms. The van der Waals surface area contributed by atoms with Crippen molar-refractivity contribution in [1.82, 2.24) is 14.8 Å². The second-order valence-electron chi connectivity index (χ2n) is 11.5. The van der Waals surface area contributed by atoms with Crippen LogP contribution in [-0.4, -0.2) is 70.5 Å². The lowest BCUT2D eigenvalue weighted by Gasteiger charge is -2.37. The Morgan fingerprint density at radius 3 is 2.49 bits per heavy atom. The summed E-state index contributed by atoms with van der Waals surface area (Å²) < 4.78 is 46.7. The van der Waals surface area contributed by atoms with E-state index in [4.69, 9.17) is 9.84 Å². The molecule has 2 amide bonds. The average Bonchev–Trinajstić information content (AvgIpc) is 3.21. The molecule has 8 nitrogen and oxygen atoms in total. The molecule has 0 saturated carbocycles. The minimum Gasteiger partial charge on any atom is -0.493 e. The molecular weight excluding hydrogens is 563 g/mol. The Morgan fingerprint density at radius 1 is 1.05 bits per heavy atom. The number of hydrogen-bond donors (Lipinski definition) is 1. The molecule has 2 aromatic rings. The van der Waals surface area contributed by atoms with Gasteiger partial charge >= 0.3 is 12.1 Å². The first-order valence-corrected chi connectivity index (χ1v) is 15.1. The Morgan fingerprint density at radius 2 is 1.79 bits per heavy atom. The normalized spacial score (nSPS) is 20.0. The van der Waals surface area contributed by atoms with Gasteiger partial charge < -0.3 is 19.6 Å². The molecule has 2 aliphatic heterocycles. The van der Waals surface area contributed by atoms with Crippen LogP contribution in [-0.2, 0) is 15.8 Å². The van der Waals surface area contributed by atoms with Crippen molar-refractivity contribution in [2.24, 2.45) is 11.8 Å². The number of para-hydroxylation sites is 1. The Hall–Kier alpha value is -3.63. The van der Waals surface area contributed by atoms with Gasteiger partial charge in [0.1, 0.15) is 5.75 Å². The number of piperidine rings is 1. The predicted octanol–water partition coefficient (Wildman–Crippen LogP) is 6.02. The first-order chi connectivity index (χ1) is 20.6. The highest BCUT2D eigenvalue weighted by Gasteiger charge is 2.40. The van der Waals surface area contributed by atoms with E-state index in [0.717, 1.165) is 49.0 Å². The number of nitrogens with zero attached hydrogens (tertiary/aromatic N) is 3. The predicted molar refractivity (Wildman–Crippen MR) is 154 cm³/mol. The average molecular weight is 604 g/mol. The number of aromatic nitrogens is 1. The molecule has 2 unspecified atom stereocenters. The number of amides is 2. The standard InChI is InChI=1S/C32H40F3N3O5/c1-2-7-23-21-38(31(42)26-20-36-15-12-27(26)32(33,34)35)16-5-9-25(23)30(41)37-17-13-22(14-18-37)24-8-3-4-10-28(24)43-19-6-11-29(39)40/h3-4,8,10,12,15,20,22-23,25H,2,5-7,9,11,13-14,16-19,21H2,1H3,(H,39,40). The summed E-state index contributed by atoms with van der Waals surface area (Å²) in [6.45, 7) is 4.02. The number of ether oxygens (including phenoxy) is 1. The second-order valence-corrected chi connectivity index (χ2v) is 11.5. The van der Waals surface area contributed by atoms with Crippen LogP contribution in [0.15, 0.2) is 42.7 Å². The highest BCUT2D eigenvalue weighted by atomic mass is 19.4. The lowest BCUT2D eigenvalue weighted by atomic mass is 9.83. The van der Waals surface area contributed by atoms with Crippen LogP contribution in [0, 0.1) is 11.8 Å². The number of carbonyl (C=O) groups is 3. The number of rotatable bonds is 10. The van der Waals surface area contributed by atoms with Crippen molar-refractivity contribution in [3.05, 3.63) is 59.4 Å². The number of benzene rings is 1. The molecule has 43 heavy (non-hydrogen) atoms. The zero-order valence-electron chi connectivity index (χ0n) is 24.5. The van der Waals surface area contributed by atoms with Crippen LogP contribution >= 0.6 is 0 Å². The van der Waals surface area contributed by atoms with Crippen LogP contribution in [0.1, 0.15) is 85.7 Å². The molecule has 2 aliphatic rings. The minimum atomic E-state index is -4.67. The van der Waals surface area contributed by atoms with Gasteiger partial charge in [-0.3, -0.25) is 19.4 Å². The topological polar surface area (TPSA) is 100 Å². The Labute approximate surface area is 250 Å². The van der Waals surface area contributed by atoms with E-state index >= 15 is 0 Å². The molecule has 0 radical (unpaired) electrons. The SMILES string of the molecule is CCCC1CN(C(=O)c2cnccc2C(F)(F)F)CCCC1C(=O)N1CCC(c2ccccc2OCCCC(=O)O)CC1. The maximum absolute atomic E-state index is 13.9. The van der Waals surface area contributed by atoms with Crippen LogP contribution in [0.4, 0.5) is 13.2 Å². The molecule has 2 atom stereocenters. The van der Waals surface area contributed by atoms with E-state index in [1.165, 1.54) is 4.90 Å². The van der Waals surface area contributed by atoms with Gasteiger partial charge in [-0.1, -0.05) is 31.5 Å². The minimum absolute atomic E-state index is 0.0484. The van der Waals surface area contributed by atoms with Crippen molar-refractivity contribution in [3.8, 4) is 5.75 Å². The first kappa shape index (κ1) is 32.3. The van der Waals surface area contributed by atoms with Gasteiger partial charge in [0, 0.05) is 50.9 Å². The summed E-state index contributed by atoms with van der Waals surface area (Å²) in [7, 11) is 0. The lowest BCUT2D eigenvalue weighted by molar-refractivity contribution is -0.139. The van der Waals surface area contributed by atoms with E-state index in [2.05, 4.69) is 4.98 Å². The Balaban J connectivity index is 1.40. The number of alkyl halides is 3. The molecule has 4 rings (SSSR count). The third kappa shape index (κ3) is 8.26. The number of likely N-dealkylation sites (tertiary alicyclic amines) is 2. The zero-order chi connectivity index (χ0) is 31.0. The molecular formula is C32H40F3N3O5. The largest absolute Gasteiger partial charge is 0.493 e. The molecule has 234 valence electrons. The van der Waals surface area contributed by atoms with E-state index in [0.29, 0.717) is 51.9 Å². The molecule has 2 fully saturated rings. The number of aliphatic carboxylic acids is 1. The van der Waals surface area contributed by atoms with Crippen molar-refractivity contribution in [2.75, 3.05) is 32.8 Å². The van der Waals surface area contributed by atoms with Gasteiger partial charge in [0.05, 0.1) is 17.7 Å². The molecule has 1 aromatic heterocycles. The Bertz CT molecular complexity index is 1260. The van der Waals surface area contributed by atoms with Crippen molar-refractivity contribution < 1.29 is 37.4 Å². The van der Waals surface area contributed by atoms with Crippen molar-refractivity contribution in [2.45, 2.75) is 70.4 Å². The van der Waals surface area contributed by atoms with Gasteiger partial charge in [0.15, 0.2) is 0 Å². The fourth-order valence-corrected chi connectivity index (χ4v) is 6.39. The summed E-state index contributed by atoms with van der Waals surface area (Å²) in [5.74, 6) is -0.983. The third-order valence-electron chi connectivity index (χ3n) is 8.55. The number of halogens is 3. The van der Waals surface area contributed by atoms with Crippen LogP contribution in [0.3, 0.4) is 0 Å². The lowest BCUT2D eigenvalue weighted by Crippen LogP contribution is -2.45. The van der Waals surface area contributed by atoms with Crippen LogP contribution in [0.2, 0.25) is 0 Å². The van der Waals surface area contributed by atoms with E-state index in [9.17, 15) is 27.6 Å². The molecule has 3 heterocycles. The highest BCUT2D eigenvalue weighted by molar-refractivity contribution is 5.95. The molecule has 1 N–H and O–H groups in total. The quantitative estimate of drug-likeness (QED) is 0.334. The molecule has 0 spiro atoms. The van der Waals surface area contributed by atoms with E-state index in [1.807, 2.05) is 36.1 Å². The summed E-state index contributed by atoms with van der Waals surface area (Å²) in [6, 6.07) is 8.59. The fourth-order valence-electron chi connectivity index (χ4n) is 6.39. The number of hydrogen-bond acceptors (Lipinski definition) is 5. The van der Waals surface area contributed by atoms with Crippen molar-refractivity contribution >= 4 is 17.8 Å². The molecule has 11 heteroatoms. The van der Waals surface area contributed by atoms with Gasteiger partial charge in [-0.15, -0.1) is 0 Å². The smallest absolute Gasteiger partial charge is 0.417 e. The highest BCUT2D eigenvalue weighted by Crippen LogP contribution is 2.37. The summed E-state index contributed by atoms with van der Waals surface area (Å²) in [5.41, 5.74) is -0.388. The monoisotopic (exact) mass is 603 g/mol. The van der Waals surface area contributed by atoms with Gasteiger partial charge in [0.25, 0.3) is 5.91 Å². The second kappa shape index (κ2) is 14.7. The Kier molecular flexibility index (Phi) is 11.0. The van der Waals surface area contributed by atoms with Crippen molar-refractivity contribution in [3.63, 3.8) is 0 Å². The van der Waals surface area contributed by atoms with Gasteiger partial charge in [-0.2, -0.15) is 13.2 Å². The van der Waals surface area contributed by atoms with Gasteiger partial charge in [-0.05, 0) is 68.1 Å². The number of carbonyl (C=O) groups excluding carboxylic acids is 2. The number of pyridine rings is 1. The molecule has 0 aliphatic carbocycles. The van der Waals surface area contributed by atoms with Crippen LogP contribution in [0.5, 0.6) is 5.75 Å². The molecule has 2 saturated heterocycles. The van der Waals surface area contributed by atoms with Crippen LogP contribution < -0.4 is 4.74 Å². The van der Waals surface area contributed by atoms with E-state index in [1.54, 1.807) is 0 Å². The zero-order valence-corrected chi connectivity index (χ0v) is 24.5. The maximum atomic E-state index is 13.9. The molecule has 1 aromatic carbocycles. The summed E-state index contributed by atoms with van der Waals surface area (Å²) in [5, 5.41) is 8.87. The van der Waals surface area contributed by atoms with Gasteiger partial charge in [0.2, 0.25) is 5.91 Å². The summed E-state index contributed by atoms with van der Waals surface area (Å²) in [4.78, 5) is 45.1.